The molecule has 0 atom stereocenters. The van der Waals surface area contributed by atoms with Crippen molar-refractivity contribution in [3.63, 3.8) is 0 Å². The smallest absolute Gasteiger partial charge is 0.165 e. The van der Waals surface area contributed by atoms with Crippen molar-refractivity contribution >= 4 is 9.84 Å². The second kappa shape index (κ2) is 2.42. The Morgan fingerprint density at radius 3 is 2.70 bits per heavy atom. The van der Waals surface area contributed by atoms with Crippen molar-refractivity contribution < 1.29 is 8.42 Å². The third-order valence-electron chi connectivity index (χ3n) is 0.943. The van der Waals surface area contributed by atoms with Gasteiger partial charge in [-0.2, -0.15) is 0 Å². The van der Waals surface area contributed by atoms with Gasteiger partial charge in [0.25, 0.3) is 0 Å². The van der Waals surface area contributed by atoms with Gasteiger partial charge in [-0.1, -0.05) is 0 Å². The molecule has 56 valence electrons. The highest BCUT2D eigenvalue weighted by Crippen LogP contribution is 1.91. The maximum atomic E-state index is 10.6. The van der Waals surface area contributed by atoms with Crippen molar-refractivity contribution in [1.82, 2.24) is 9.55 Å². The minimum atomic E-state index is -2.92. The van der Waals surface area contributed by atoms with E-state index in [0.717, 1.165) is 0 Å². The Kier molecular flexibility index (Phi) is 1.76. The molecule has 0 amide bonds. The molecule has 0 spiro atoms. The predicted molar refractivity (Wildman–Crippen MR) is 37.1 cm³/mol. The second-order valence-corrected chi connectivity index (χ2v) is 4.24. The first kappa shape index (κ1) is 7.27. The summed E-state index contributed by atoms with van der Waals surface area (Å²) < 4.78 is 22.8. The number of aromatic nitrogens is 2. The highest BCUT2D eigenvalue weighted by molar-refractivity contribution is 7.89. The Morgan fingerprint density at radius 2 is 2.30 bits per heavy atom. The summed E-state index contributed by atoms with van der Waals surface area (Å²) in [5.74, 6) is 0.00694. The van der Waals surface area contributed by atoms with Gasteiger partial charge < -0.3 is 4.57 Å². The lowest BCUT2D eigenvalue weighted by Gasteiger charge is -1.96. The van der Waals surface area contributed by atoms with Crippen LogP contribution in [0, 0.1) is 0 Å². The van der Waals surface area contributed by atoms with E-state index in [1.165, 1.54) is 17.2 Å². The summed E-state index contributed by atoms with van der Waals surface area (Å²) in [6, 6.07) is 0. The van der Waals surface area contributed by atoms with Crippen molar-refractivity contribution in [2.24, 2.45) is 0 Å². The fraction of sp³-hybridized carbons (Fsp3) is 0.400. The zero-order valence-electron chi connectivity index (χ0n) is 5.56. The molecule has 0 aromatic carbocycles. The summed E-state index contributed by atoms with van der Waals surface area (Å²) in [4.78, 5) is 3.70. The second-order valence-electron chi connectivity index (χ2n) is 2.13. The molecule has 0 aliphatic rings. The Labute approximate surface area is 59.4 Å². The van der Waals surface area contributed by atoms with E-state index in [2.05, 4.69) is 4.98 Å². The van der Waals surface area contributed by atoms with Gasteiger partial charge in [0.15, 0.2) is 9.84 Å². The normalized spacial score (nSPS) is 11.7. The van der Waals surface area contributed by atoms with Crippen LogP contribution >= 0.6 is 0 Å². The van der Waals surface area contributed by atoms with Gasteiger partial charge in [-0.3, -0.25) is 0 Å². The number of imidazole rings is 1. The molecule has 1 aromatic rings. The Balaban J connectivity index is 2.75. The minimum Gasteiger partial charge on any atom is -0.323 e. The van der Waals surface area contributed by atoms with Gasteiger partial charge in [0.05, 0.1) is 6.33 Å². The molecule has 1 aromatic heterocycles. The maximum Gasteiger partial charge on any atom is 0.165 e. The zero-order valence-corrected chi connectivity index (χ0v) is 6.37. The molecule has 1 rings (SSSR count). The molecular formula is C5H8N2O2S. The molecule has 0 radical (unpaired) electrons. The van der Waals surface area contributed by atoms with E-state index in [9.17, 15) is 8.42 Å². The third-order valence-corrected chi connectivity index (χ3v) is 1.71. The van der Waals surface area contributed by atoms with E-state index in [-0.39, 0.29) is 5.88 Å². The van der Waals surface area contributed by atoms with E-state index >= 15 is 0 Å². The Bertz CT molecular complexity index is 287. The van der Waals surface area contributed by atoms with Crippen LogP contribution in [-0.2, 0) is 15.7 Å². The summed E-state index contributed by atoms with van der Waals surface area (Å²) in [7, 11) is -2.92. The van der Waals surface area contributed by atoms with Crippen LogP contribution in [0.15, 0.2) is 18.7 Å². The molecule has 0 aliphatic heterocycles. The van der Waals surface area contributed by atoms with Crippen molar-refractivity contribution in [2.75, 3.05) is 6.26 Å². The number of sulfone groups is 1. The van der Waals surface area contributed by atoms with Crippen LogP contribution in [0.2, 0.25) is 0 Å². The van der Waals surface area contributed by atoms with Crippen LogP contribution in [0.25, 0.3) is 0 Å². The predicted octanol–water partition coefficient (Wildman–Crippen LogP) is -0.115. The lowest BCUT2D eigenvalue weighted by Crippen LogP contribution is -2.06. The van der Waals surface area contributed by atoms with Gasteiger partial charge in [-0.25, -0.2) is 13.4 Å². The average molecular weight is 160 g/mol. The van der Waals surface area contributed by atoms with E-state index in [1.54, 1.807) is 12.4 Å². The van der Waals surface area contributed by atoms with Crippen molar-refractivity contribution in [3.8, 4) is 0 Å². The summed E-state index contributed by atoms with van der Waals surface area (Å²) in [6.07, 6.45) is 5.82. The molecule has 5 heteroatoms. The largest absolute Gasteiger partial charge is 0.323 e. The molecule has 0 saturated heterocycles. The molecular weight excluding hydrogens is 152 g/mol. The van der Waals surface area contributed by atoms with Crippen LogP contribution in [0.1, 0.15) is 0 Å². The first-order valence-electron chi connectivity index (χ1n) is 2.71. The van der Waals surface area contributed by atoms with Crippen molar-refractivity contribution in [3.05, 3.63) is 18.7 Å². The van der Waals surface area contributed by atoms with Gasteiger partial charge in [-0.15, -0.1) is 0 Å². The molecule has 0 bridgehead atoms. The highest BCUT2D eigenvalue weighted by Gasteiger charge is 2.00. The minimum absolute atomic E-state index is 0.00694. The maximum absolute atomic E-state index is 10.6. The summed E-state index contributed by atoms with van der Waals surface area (Å²) in [6.45, 7) is 0. The Hall–Kier alpha value is -0.840. The number of nitrogens with zero attached hydrogens (tertiary/aromatic N) is 2. The highest BCUT2D eigenvalue weighted by atomic mass is 32.2. The summed E-state index contributed by atoms with van der Waals surface area (Å²) >= 11 is 0. The van der Waals surface area contributed by atoms with Gasteiger partial charge >= 0.3 is 0 Å². The lowest BCUT2D eigenvalue weighted by atomic mass is 10.9. The molecule has 1 heterocycles. The quantitative estimate of drug-likeness (QED) is 0.606. The van der Waals surface area contributed by atoms with Gasteiger partial charge in [-0.05, 0) is 0 Å². The van der Waals surface area contributed by atoms with Crippen molar-refractivity contribution in [1.29, 1.82) is 0 Å². The molecule has 10 heavy (non-hydrogen) atoms. The average Bonchev–Trinajstić information content (AvgIpc) is 2.12. The lowest BCUT2D eigenvalue weighted by molar-refractivity contribution is 0.590. The van der Waals surface area contributed by atoms with Gasteiger partial charge in [0.2, 0.25) is 0 Å². The molecule has 4 nitrogen and oxygen atoms in total. The number of hydrogen-bond acceptors (Lipinski definition) is 3. The van der Waals surface area contributed by atoms with Crippen LogP contribution in [0.3, 0.4) is 0 Å². The van der Waals surface area contributed by atoms with Gasteiger partial charge in [0.1, 0.15) is 5.88 Å². The van der Waals surface area contributed by atoms with Crippen LogP contribution in [0.4, 0.5) is 0 Å². The fourth-order valence-corrected chi connectivity index (χ4v) is 1.33. The molecule has 0 fully saturated rings. The summed E-state index contributed by atoms with van der Waals surface area (Å²) in [5.41, 5.74) is 0. The Morgan fingerprint density at radius 1 is 1.60 bits per heavy atom. The van der Waals surface area contributed by atoms with E-state index < -0.39 is 9.84 Å². The molecule has 0 unspecified atom stereocenters. The van der Waals surface area contributed by atoms with Crippen LogP contribution < -0.4 is 0 Å². The molecule has 0 N–H and O–H groups in total. The zero-order chi connectivity index (χ0) is 7.61. The first-order valence-corrected chi connectivity index (χ1v) is 4.77. The van der Waals surface area contributed by atoms with E-state index in [1.807, 2.05) is 0 Å². The fourth-order valence-electron chi connectivity index (χ4n) is 0.634. The standard InChI is InChI=1S/C5H8N2O2S/c1-10(8,9)5-7-3-2-6-4-7/h2-4H,5H2,1H3. The molecule has 0 saturated carbocycles. The topological polar surface area (TPSA) is 52.0 Å². The van der Waals surface area contributed by atoms with E-state index in [0.29, 0.717) is 0 Å². The third kappa shape index (κ3) is 2.18. The number of rotatable bonds is 2. The van der Waals surface area contributed by atoms with Crippen LogP contribution in [-0.4, -0.2) is 24.2 Å². The van der Waals surface area contributed by atoms with E-state index in [4.69, 9.17) is 0 Å². The van der Waals surface area contributed by atoms with Crippen LogP contribution in [0.5, 0.6) is 0 Å². The summed E-state index contributed by atoms with van der Waals surface area (Å²) in [5, 5.41) is 0. The van der Waals surface area contributed by atoms with Crippen molar-refractivity contribution in [2.45, 2.75) is 5.88 Å². The molecule has 0 aliphatic carbocycles. The first-order chi connectivity index (χ1) is 4.58. The SMILES string of the molecule is CS(=O)(=O)Cn1ccnc1. The monoisotopic (exact) mass is 160 g/mol. The van der Waals surface area contributed by atoms with Gasteiger partial charge in [0, 0.05) is 18.6 Å². The number of hydrogen-bond donors (Lipinski definition) is 0.